The Morgan fingerprint density at radius 2 is 1.93 bits per heavy atom. The number of hydrogen-bond acceptors (Lipinski definition) is 5. The third-order valence-electron chi connectivity index (χ3n) is 7.77. The number of carbonyl (C=O) groups is 1. The topological polar surface area (TPSA) is 76.8 Å². The highest BCUT2D eigenvalue weighted by atomic mass is 35.5. The van der Waals surface area contributed by atoms with Gasteiger partial charge in [0.1, 0.15) is 29.5 Å². The van der Waals surface area contributed by atoms with E-state index in [1.807, 2.05) is 9.47 Å². The first kappa shape index (κ1) is 29.7. The van der Waals surface area contributed by atoms with Crippen LogP contribution in [0.4, 0.5) is 17.6 Å². The minimum Gasteiger partial charge on any atom is -0.488 e. The highest BCUT2D eigenvalue weighted by molar-refractivity contribution is 6.35. The fraction of sp³-hybridized carbons (Fsp3) is 0.333. The van der Waals surface area contributed by atoms with Gasteiger partial charge in [-0.3, -0.25) is 4.90 Å². The Balaban J connectivity index is 1.29. The normalized spacial score (nSPS) is 17.1. The molecular formula is C30H25Cl2F4N3O4. The smallest absolute Gasteiger partial charge is 0.419 e. The van der Waals surface area contributed by atoms with Crippen LogP contribution >= 0.6 is 23.2 Å². The minimum absolute atomic E-state index is 0.0399. The number of halogens is 6. The Morgan fingerprint density at radius 3 is 2.60 bits per heavy atom. The van der Waals surface area contributed by atoms with Gasteiger partial charge in [0.25, 0.3) is 0 Å². The zero-order valence-corrected chi connectivity index (χ0v) is 24.1. The Hall–Kier alpha value is -3.38. The molecule has 1 N–H and O–H groups in total. The lowest BCUT2D eigenvalue weighted by Gasteiger charge is -2.31. The molecule has 6 rings (SSSR count). The van der Waals surface area contributed by atoms with E-state index in [2.05, 4.69) is 0 Å². The van der Waals surface area contributed by atoms with Gasteiger partial charge in [0.15, 0.2) is 0 Å². The number of alkyl halides is 3. The van der Waals surface area contributed by atoms with Crippen LogP contribution in [0.25, 0.3) is 11.0 Å². The molecule has 1 fully saturated rings. The largest absolute Gasteiger partial charge is 0.488 e. The molecule has 2 aliphatic heterocycles. The first-order chi connectivity index (χ1) is 20.5. The van der Waals surface area contributed by atoms with E-state index in [9.17, 15) is 27.5 Å². The second-order valence-electron chi connectivity index (χ2n) is 10.7. The molecule has 2 aliphatic rings. The van der Waals surface area contributed by atoms with E-state index in [-0.39, 0.29) is 33.0 Å². The van der Waals surface area contributed by atoms with Crippen LogP contribution in [0, 0.1) is 5.82 Å². The summed E-state index contributed by atoms with van der Waals surface area (Å²) in [5, 5.41) is 9.94. The van der Waals surface area contributed by atoms with Gasteiger partial charge in [-0.2, -0.15) is 13.2 Å². The third-order valence-corrected chi connectivity index (χ3v) is 8.30. The third kappa shape index (κ3) is 6.17. The number of ether oxygens (including phenoxy) is 2. The summed E-state index contributed by atoms with van der Waals surface area (Å²) < 4.78 is 69.3. The molecule has 0 unspecified atom stereocenters. The van der Waals surface area contributed by atoms with Crippen molar-refractivity contribution in [2.24, 2.45) is 0 Å². The molecule has 0 aliphatic carbocycles. The lowest BCUT2D eigenvalue weighted by atomic mass is 9.96. The fourth-order valence-corrected chi connectivity index (χ4v) is 5.84. The van der Waals surface area contributed by atoms with E-state index >= 15 is 0 Å². The summed E-state index contributed by atoms with van der Waals surface area (Å²) in [6.45, 7) is 1.83. The average molecular weight is 638 g/mol. The number of imidazole rings is 1. The van der Waals surface area contributed by atoms with Crippen molar-refractivity contribution in [1.29, 1.82) is 0 Å². The molecule has 0 saturated carbocycles. The van der Waals surface area contributed by atoms with Crippen LogP contribution < -0.4 is 4.74 Å². The van der Waals surface area contributed by atoms with Crippen molar-refractivity contribution in [3.8, 4) is 5.75 Å². The molecule has 1 saturated heterocycles. The number of fused-ring (bicyclic) bond motifs is 2. The summed E-state index contributed by atoms with van der Waals surface area (Å²) in [7, 11) is 0. The maximum Gasteiger partial charge on any atom is 0.419 e. The summed E-state index contributed by atoms with van der Waals surface area (Å²) in [5.41, 5.74) is 1.46. The second kappa shape index (κ2) is 11.6. The number of nitrogens with zero attached hydrogens (tertiary/aromatic N) is 3. The summed E-state index contributed by atoms with van der Waals surface area (Å²) in [6.07, 6.45) is -3.49. The monoisotopic (exact) mass is 637 g/mol. The standard InChI is InChI=1S/C30H25Cl2F4N3O4/c31-20-2-1-17(24(33)11-20)15-43-26-10-19-12-38(5-3-16(19)7-22(26)30(34,35)36)14-27-37-28-23(32)8-18(29(40)41)9-25(28)39(27)13-21-4-6-42-21/h1-2,7-11,21H,3-6,12-15H2,(H,40,41)/t21-/m0/s1. The van der Waals surface area contributed by atoms with Crippen LogP contribution in [-0.2, 0) is 43.6 Å². The molecule has 43 heavy (non-hydrogen) atoms. The second-order valence-corrected chi connectivity index (χ2v) is 11.5. The molecule has 0 amide bonds. The minimum atomic E-state index is -4.66. The summed E-state index contributed by atoms with van der Waals surface area (Å²) in [4.78, 5) is 18.5. The van der Waals surface area contributed by atoms with Gasteiger partial charge in [-0.15, -0.1) is 0 Å². The molecule has 13 heteroatoms. The van der Waals surface area contributed by atoms with Crippen LogP contribution in [0.5, 0.6) is 5.75 Å². The van der Waals surface area contributed by atoms with Crippen molar-refractivity contribution in [3.05, 3.63) is 92.0 Å². The summed E-state index contributed by atoms with van der Waals surface area (Å²) in [6, 6.07) is 9.28. The van der Waals surface area contributed by atoms with Gasteiger partial charge in [0.2, 0.25) is 0 Å². The first-order valence-electron chi connectivity index (χ1n) is 13.5. The molecule has 0 spiro atoms. The van der Waals surface area contributed by atoms with Crippen molar-refractivity contribution in [1.82, 2.24) is 14.5 Å². The van der Waals surface area contributed by atoms with Crippen molar-refractivity contribution < 1.29 is 36.9 Å². The number of carboxylic acids is 1. The van der Waals surface area contributed by atoms with Gasteiger partial charge in [0.05, 0.1) is 40.9 Å². The number of aromatic carboxylic acids is 1. The van der Waals surface area contributed by atoms with Crippen LogP contribution in [0.15, 0.2) is 42.5 Å². The molecule has 0 radical (unpaired) electrons. The lowest BCUT2D eigenvalue weighted by molar-refractivity contribution is -0.139. The average Bonchev–Trinajstić information content (AvgIpc) is 3.26. The van der Waals surface area contributed by atoms with E-state index < -0.39 is 30.1 Å². The Labute approximate surface area is 253 Å². The fourth-order valence-electron chi connectivity index (χ4n) is 5.42. The molecule has 0 bridgehead atoms. The first-order valence-corrected chi connectivity index (χ1v) is 14.3. The molecule has 1 aromatic heterocycles. The Bertz CT molecular complexity index is 1720. The van der Waals surface area contributed by atoms with Crippen LogP contribution in [0.3, 0.4) is 0 Å². The SMILES string of the molecule is O=C(O)c1cc(Cl)c2nc(CN3CCc4cc(C(F)(F)F)c(OCc5ccc(Cl)cc5F)cc4C3)n(C[C@@H]3CCO3)c2c1. The van der Waals surface area contributed by atoms with Crippen molar-refractivity contribution in [3.63, 3.8) is 0 Å². The van der Waals surface area contributed by atoms with Crippen molar-refractivity contribution in [2.45, 2.75) is 51.4 Å². The van der Waals surface area contributed by atoms with Crippen molar-refractivity contribution in [2.75, 3.05) is 13.2 Å². The maximum absolute atomic E-state index is 14.3. The van der Waals surface area contributed by atoms with Gasteiger partial charge >= 0.3 is 12.1 Å². The Kier molecular flexibility index (Phi) is 8.01. The molecule has 1 atom stereocenters. The van der Waals surface area contributed by atoms with Gasteiger partial charge in [-0.1, -0.05) is 29.3 Å². The van der Waals surface area contributed by atoms with Gasteiger partial charge in [-0.05, 0) is 60.4 Å². The van der Waals surface area contributed by atoms with E-state index in [1.165, 1.54) is 30.3 Å². The zero-order chi connectivity index (χ0) is 30.5. The summed E-state index contributed by atoms with van der Waals surface area (Å²) in [5.74, 6) is -1.53. The predicted molar refractivity (Wildman–Crippen MR) is 151 cm³/mol. The number of hydrogen-bond donors (Lipinski definition) is 1. The van der Waals surface area contributed by atoms with Crippen LogP contribution in [-0.4, -0.2) is 44.8 Å². The van der Waals surface area contributed by atoms with E-state index in [4.69, 9.17) is 37.7 Å². The quantitative estimate of drug-likeness (QED) is 0.207. The van der Waals surface area contributed by atoms with Crippen LogP contribution in [0.2, 0.25) is 10.0 Å². The maximum atomic E-state index is 14.3. The zero-order valence-electron chi connectivity index (χ0n) is 22.6. The predicted octanol–water partition coefficient (Wildman–Crippen LogP) is 7.13. The van der Waals surface area contributed by atoms with Gasteiger partial charge in [0, 0.05) is 30.3 Å². The van der Waals surface area contributed by atoms with E-state index in [1.54, 1.807) is 0 Å². The highest BCUT2D eigenvalue weighted by Crippen LogP contribution is 2.40. The molecular weight excluding hydrogens is 613 g/mol. The molecule has 3 aromatic carbocycles. The molecule has 3 heterocycles. The van der Waals surface area contributed by atoms with Crippen LogP contribution in [0.1, 0.15) is 44.9 Å². The van der Waals surface area contributed by atoms with E-state index in [0.29, 0.717) is 67.2 Å². The number of rotatable bonds is 8. The highest BCUT2D eigenvalue weighted by Gasteiger charge is 2.36. The van der Waals surface area contributed by atoms with Crippen molar-refractivity contribution >= 4 is 40.2 Å². The van der Waals surface area contributed by atoms with Gasteiger partial charge in [-0.25, -0.2) is 14.2 Å². The summed E-state index contributed by atoms with van der Waals surface area (Å²) >= 11 is 12.2. The Morgan fingerprint density at radius 1 is 1.14 bits per heavy atom. The molecule has 226 valence electrons. The number of benzene rings is 3. The van der Waals surface area contributed by atoms with Gasteiger partial charge < -0.3 is 19.1 Å². The number of carboxylic acid groups (broad SMARTS) is 1. The van der Waals surface area contributed by atoms with E-state index in [0.717, 1.165) is 18.6 Å². The molecule has 4 aromatic rings. The number of aromatic nitrogens is 2. The lowest BCUT2D eigenvalue weighted by Crippen LogP contribution is -2.34. The molecule has 7 nitrogen and oxygen atoms in total.